The predicted octanol–water partition coefficient (Wildman–Crippen LogP) is 3.57. The van der Waals surface area contributed by atoms with Crippen molar-refractivity contribution in [3.63, 3.8) is 0 Å². The van der Waals surface area contributed by atoms with E-state index in [0.717, 1.165) is 50.0 Å². The van der Waals surface area contributed by atoms with E-state index in [1.807, 2.05) is 0 Å². The number of amides is 2. The van der Waals surface area contributed by atoms with Gasteiger partial charge in [0.1, 0.15) is 23.7 Å². The monoisotopic (exact) mass is 664 g/mol. The molecular weight excluding hydrogens is 624 g/mol. The molecule has 2 saturated carbocycles. The fraction of sp³-hybridized carbons (Fsp3) is 0.581. The fourth-order valence-electron chi connectivity index (χ4n) is 4.54. The van der Waals surface area contributed by atoms with Gasteiger partial charge in [-0.2, -0.15) is 0 Å². The van der Waals surface area contributed by atoms with Crippen molar-refractivity contribution in [1.29, 1.82) is 0 Å². The van der Waals surface area contributed by atoms with E-state index in [0.29, 0.717) is 34.1 Å². The van der Waals surface area contributed by atoms with Crippen LogP contribution < -0.4 is 16.3 Å². The van der Waals surface area contributed by atoms with Crippen LogP contribution in [-0.2, 0) is 41.6 Å². The first kappa shape index (κ1) is 37.5. The Morgan fingerprint density at radius 3 is 2.04 bits per heavy atom. The molecule has 0 radical (unpaired) electrons. The highest BCUT2D eigenvalue weighted by Crippen LogP contribution is 2.34. The second-order valence-electron chi connectivity index (χ2n) is 11.3. The lowest BCUT2D eigenvalue weighted by molar-refractivity contribution is -0.143. The molecule has 14 heteroatoms. The first-order valence-corrected chi connectivity index (χ1v) is 15.7. The van der Waals surface area contributed by atoms with E-state index in [-0.39, 0.29) is 42.6 Å². The zero-order chi connectivity index (χ0) is 33.5. The number of Topliss-reactive ketones (excluding diaryl/α,β-unsaturated/α-hetero) is 2. The van der Waals surface area contributed by atoms with Gasteiger partial charge in [0.05, 0.1) is 41.9 Å². The van der Waals surface area contributed by atoms with Crippen molar-refractivity contribution in [1.82, 2.24) is 10.6 Å². The zero-order valence-corrected chi connectivity index (χ0v) is 27.2. The Bertz CT molecular complexity index is 1310. The Hall–Kier alpha value is -3.65. The van der Waals surface area contributed by atoms with Crippen LogP contribution in [0.2, 0.25) is 0 Å². The summed E-state index contributed by atoms with van der Waals surface area (Å²) in [6, 6.07) is 1.44. The maximum absolute atomic E-state index is 12.0. The van der Waals surface area contributed by atoms with Crippen molar-refractivity contribution in [2.45, 2.75) is 96.8 Å². The first-order chi connectivity index (χ1) is 21.3. The zero-order valence-electron chi connectivity index (χ0n) is 25.6. The molecule has 246 valence electrons. The lowest BCUT2D eigenvalue weighted by atomic mass is 9.97. The third kappa shape index (κ3) is 16.3. The molecule has 4 aliphatic rings. The highest BCUT2D eigenvalue weighted by Gasteiger charge is 2.27. The van der Waals surface area contributed by atoms with Gasteiger partial charge in [-0.3, -0.25) is 28.8 Å². The second kappa shape index (κ2) is 19.0. The number of thiocarbonyl (C=S) groups is 2. The number of carbonyl (C=O) groups is 6. The summed E-state index contributed by atoms with van der Waals surface area (Å²) in [5, 5.41) is 12.4. The van der Waals surface area contributed by atoms with Gasteiger partial charge >= 0.3 is 11.6 Å². The van der Waals surface area contributed by atoms with Gasteiger partial charge in [0.25, 0.3) is 11.9 Å². The van der Waals surface area contributed by atoms with Crippen molar-refractivity contribution >= 4 is 69.7 Å². The van der Waals surface area contributed by atoms with Crippen molar-refractivity contribution in [2.75, 3.05) is 7.11 Å². The average Bonchev–Trinajstić information content (AvgIpc) is 3.84. The van der Waals surface area contributed by atoms with Gasteiger partial charge in [0.2, 0.25) is 5.91 Å². The molecule has 0 spiro atoms. The smallest absolute Gasteiger partial charge is 0.336 e. The number of hydrogen-bond acceptors (Lipinski definition) is 11. The molecule has 3 heterocycles. The Balaban J connectivity index is 0.000000236. The Morgan fingerprint density at radius 2 is 1.51 bits per heavy atom. The third-order valence-corrected chi connectivity index (χ3v) is 7.49. The maximum Gasteiger partial charge on any atom is 0.336 e. The number of nitrogens with one attached hydrogen (secondary N) is 2. The van der Waals surface area contributed by atoms with E-state index in [1.165, 1.54) is 45.3 Å². The number of ether oxygens (including phenoxy) is 1. The van der Waals surface area contributed by atoms with Crippen LogP contribution in [0.5, 0.6) is 0 Å². The van der Waals surface area contributed by atoms with Gasteiger partial charge in [0.15, 0.2) is 0 Å². The highest BCUT2D eigenvalue weighted by molar-refractivity contribution is 7.80. The van der Waals surface area contributed by atoms with Crippen molar-refractivity contribution < 1.29 is 43.0 Å². The minimum Gasteiger partial charge on any atom is -0.481 e. The van der Waals surface area contributed by atoms with E-state index in [9.17, 15) is 28.8 Å². The average molecular weight is 665 g/mol. The molecule has 3 N–H and O–H groups in total. The normalized spacial score (nSPS) is 16.6. The SMILES string of the molecule is CC(=O)O.COC(=O)CC(=O)CCCC1CC1.O=C1CC(=O)NC(=S)C1.O=C1NC(=S)Cc2oc(=O)cc(CCCC3CC3)c21. The fourth-order valence-corrected chi connectivity index (χ4v) is 5.04. The molecule has 1 saturated heterocycles. The maximum atomic E-state index is 12.0. The topological polar surface area (TPSA) is 186 Å². The van der Waals surface area contributed by atoms with E-state index < -0.39 is 17.6 Å². The number of aliphatic carboxylic acids is 1. The summed E-state index contributed by atoms with van der Waals surface area (Å²) in [6.45, 7) is 1.08. The van der Waals surface area contributed by atoms with Crippen molar-refractivity contribution in [3.05, 3.63) is 33.4 Å². The van der Waals surface area contributed by atoms with Crippen LogP contribution in [0.15, 0.2) is 15.3 Å². The van der Waals surface area contributed by atoms with Gasteiger partial charge < -0.3 is 24.9 Å². The summed E-state index contributed by atoms with van der Waals surface area (Å²) < 4.78 is 9.52. The van der Waals surface area contributed by atoms with E-state index in [4.69, 9.17) is 26.5 Å². The Kier molecular flexibility index (Phi) is 15.8. The molecule has 0 atom stereocenters. The molecule has 2 aliphatic carbocycles. The summed E-state index contributed by atoms with van der Waals surface area (Å²) >= 11 is 9.59. The molecule has 12 nitrogen and oxygen atoms in total. The van der Waals surface area contributed by atoms with Crippen LogP contribution in [0.3, 0.4) is 0 Å². The molecule has 0 bridgehead atoms. The number of rotatable bonds is 10. The van der Waals surface area contributed by atoms with Gasteiger partial charge in [0, 0.05) is 19.4 Å². The standard InChI is InChI=1S/C14H15NO3S.C10H16O3.C5H5NO2S.C2H4O2/c16-12-6-9(3-1-2-8-4-5-8)13-10(18-12)7-11(19)15-14(13)17;1-13-10(12)7-9(11)4-2-3-8-5-6-8;7-3-1-4(8)6-5(9)2-3;1-2(3)4/h6,8H,1-5,7H2,(H,15,17,19);8H,2-7H2,1H3;1-2H2,(H,6,8,9);1H3,(H,3,4). The van der Waals surface area contributed by atoms with E-state index in [2.05, 4.69) is 27.6 Å². The van der Waals surface area contributed by atoms with Crippen LogP contribution >= 0.6 is 24.4 Å². The number of hydrogen-bond donors (Lipinski definition) is 3. The summed E-state index contributed by atoms with van der Waals surface area (Å²) in [5.74, 6) is 0.284. The van der Waals surface area contributed by atoms with Crippen molar-refractivity contribution in [3.8, 4) is 0 Å². The number of ketones is 2. The first-order valence-electron chi connectivity index (χ1n) is 14.9. The van der Waals surface area contributed by atoms with Crippen LogP contribution in [-0.4, -0.2) is 57.5 Å². The van der Waals surface area contributed by atoms with Gasteiger partial charge in [-0.25, -0.2) is 4.79 Å². The predicted molar refractivity (Wildman–Crippen MR) is 171 cm³/mol. The van der Waals surface area contributed by atoms with E-state index in [1.54, 1.807) is 0 Å². The summed E-state index contributed by atoms with van der Waals surface area (Å²) in [7, 11) is 1.31. The quantitative estimate of drug-likeness (QED) is 0.188. The molecule has 3 fully saturated rings. The minimum atomic E-state index is -0.833. The molecule has 0 unspecified atom stereocenters. The molecule has 5 rings (SSSR count). The molecule has 45 heavy (non-hydrogen) atoms. The molecular formula is C31H40N2O10S2. The number of carboxylic acids is 1. The van der Waals surface area contributed by atoms with Gasteiger partial charge in [-0.15, -0.1) is 0 Å². The lowest BCUT2D eigenvalue weighted by Crippen LogP contribution is -2.37. The number of aryl methyl sites for hydroxylation is 1. The number of carbonyl (C=O) groups excluding carboxylic acids is 5. The van der Waals surface area contributed by atoms with Gasteiger partial charge in [-0.1, -0.05) is 63.0 Å². The Labute approximate surface area is 272 Å². The number of piperidine rings is 1. The molecule has 1 aromatic heterocycles. The lowest BCUT2D eigenvalue weighted by Gasteiger charge is -2.18. The molecule has 1 aromatic rings. The van der Waals surface area contributed by atoms with Crippen LogP contribution in [0.1, 0.15) is 106 Å². The number of fused-ring (bicyclic) bond motifs is 1. The second-order valence-corrected chi connectivity index (χ2v) is 12.3. The highest BCUT2D eigenvalue weighted by atomic mass is 32.1. The minimum absolute atomic E-state index is 0.00694. The largest absolute Gasteiger partial charge is 0.481 e. The van der Waals surface area contributed by atoms with Crippen LogP contribution in [0, 0.1) is 11.8 Å². The van der Waals surface area contributed by atoms with Gasteiger partial charge in [-0.05, 0) is 36.7 Å². The number of methoxy groups -OCH3 is 1. The third-order valence-electron chi connectivity index (χ3n) is 7.00. The molecule has 0 aromatic carbocycles. The number of esters is 1. The van der Waals surface area contributed by atoms with Crippen LogP contribution in [0.25, 0.3) is 0 Å². The summed E-state index contributed by atoms with van der Waals surface area (Å²) in [6.07, 6.45) is 11.3. The number of carboxylic acid groups (broad SMARTS) is 1. The van der Waals surface area contributed by atoms with E-state index >= 15 is 0 Å². The van der Waals surface area contributed by atoms with Crippen LogP contribution in [0.4, 0.5) is 0 Å². The molecule has 2 amide bonds. The summed E-state index contributed by atoms with van der Waals surface area (Å²) in [5.41, 5.74) is 0.925. The molecule has 2 aliphatic heterocycles. The van der Waals surface area contributed by atoms with Crippen molar-refractivity contribution in [2.24, 2.45) is 11.8 Å². The summed E-state index contributed by atoms with van der Waals surface area (Å²) in [4.78, 5) is 76.1. The Morgan fingerprint density at radius 1 is 0.933 bits per heavy atom.